The molecule has 24 heavy (non-hydrogen) atoms. The Bertz CT molecular complexity index is 923. The molecule has 1 N–H and O–H groups in total. The van der Waals surface area contributed by atoms with Gasteiger partial charge in [0, 0.05) is 35.2 Å². The van der Waals surface area contributed by atoms with E-state index >= 15 is 0 Å². The van der Waals surface area contributed by atoms with Crippen LogP contribution in [0.2, 0.25) is 5.02 Å². The minimum Gasteiger partial charge on any atom is -0.318 e. The van der Waals surface area contributed by atoms with Crippen LogP contribution in [0.25, 0.3) is 5.69 Å². The van der Waals surface area contributed by atoms with Crippen molar-refractivity contribution in [2.24, 2.45) is 7.05 Å². The summed E-state index contributed by atoms with van der Waals surface area (Å²) in [7, 11) is 1.80. The van der Waals surface area contributed by atoms with Gasteiger partial charge in [-0.05, 0) is 45.0 Å². The smallest absolute Gasteiger partial charge is 0.258 e. The molecule has 0 aliphatic heterocycles. The second-order valence-electron chi connectivity index (χ2n) is 5.85. The molecule has 0 radical (unpaired) electrons. The standard InChI is InChI=1S/C18H19ClN4O/c1-11-8-17(22(4)21-11)20-18(24)16-9-12(2)23(13(16)3)15-7-5-6-14(19)10-15/h5-10H,1-4H3,(H,20,24). The number of amides is 1. The summed E-state index contributed by atoms with van der Waals surface area (Å²) in [5.74, 6) is 0.518. The van der Waals surface area contributed by atoms with Crippen LogP contribution in [-0.2, 0) is 7.05 Å². The van der Waals surface area contributed by atoms with Gasteiger partial charge in [0.25, 0.3) is 5.91 Å². The van der Waals surface area contributed by atoms with Crippen LogP contribution in [0.3, 0.4) is 0 Å². The monoisotopic (exact) mass is 342 g/mol. The fraction of sp³-hybridized carbons (Fsp3) is 0.222. The molecule has 0 saturated carbocycles. The number of rotatable bonds is 3. The lowest BCUT2D eigenvalue weighted by Gasteiger charge is -2.10. The van der Waals surface area contributed by atoms with Crippen LogP contribution in [0, 0.1) is 20.8 Å². The third kappa shape index (κ3) is 2.95. The second kappa shape index (κ2) is 6.17. The summed E-state index contributed by atoms with van der Waals surface area (Å²) in [6.07, 6.45) is 0. The van der Waals surface area contributed by atoms with Gasteiger partial charge in [-0.2, -0.15) is 5.10 Å². The number of carbonyl (C=O) groups excluding carboxylic acids is 1. The maximum atomic E-state index is 12.7. The van der Waals surface area contributed by atoms with E-state index in [2.05, 4.69) is 10.4 Å². The molecule has 0 aliphatic rings. The third-order valence-corrected chi connectivity index (χ3v) is 4.22. The third-order valence-electron chi connectivity index (χ3n) is 3.99. The Morgan fingerprint density at radius 2 is 1.92 bits per heavy atom. The van der Waals surface area contributed by atoms with Gasteiger partial charge in [0.2, 0.25) is 0 Å². The van der Waals surface area contributed by atoms with E-state index in [0.717, 1.165) is 22.8 Å². The number of nitrogens with zero attached hydrogens (tertiary/aromatic N) is 3. The van der Waals surface area contributed by atoms with Crippen LogP contribution in [-0.4, -0.2) is 20.3 Å². The number of anilines is 1. The fourth-order valence-corrected chi connectivity index (χ4v) is 3.10. The molecule has 2 aromatic heterocycles. The first-order valence-electron chi connectivity index (χ1n) is 7.63. The van der Waals surface area contributed by atoms with Gasteiger partial charge in [-0.25, -0.2) is 0 Å². The van der Waals surface area contributed by atoms with Gasteiger partial charge >= 0.3 is 0 Å². The summed E-state index contributed by atoms with van der Waals surface area (Å²) in [5.41, 5.74) is 4.27. The molecule has 3 rings (SSSR count). The number of hydrogen-bond donors (Lipinski definition) is 1. The zero-order chi connectivity index (χ0) is 17.4. The molecule has 5 nitrogen and oxygen atoms in total. The first kappa shape index (κ1) is 16.3. The number of carbonyl (C=O) groups is 1. The highest BCUT2D eigenvalue weighted by Gasteiger charge is 2.18. The Hall–Kier alpha value is -2.53. The lowest BCUT2D eigenvalue weighted by Crippen LogP contribution is -2.15. The molecule has 0 aliphatic carbocycles. The van der Waals surface area contributed by atoms with Crippen molar-refractivity contribution < 1.29 is 4.79 Å². The van der Waals surface area contributed by atoms with Crippen molar-refractivity contribution in [2.75, 3.05) is 5.32 Å². The second-order valence-corrected chi connectivity index (χ2v) is 6.29. The van der Waals surface area contributed by atoms with Crippen molar-refractivity contribution in [1.29, 1.82) is 0 Å². The van der Waals surface area contributed by atoms with Gasteiger partial charge < -0.3 is 9.88 Å². The molecule has 6 heteroatoms. The van der Waals surface area contributed by atoms with E-state index in [1.54, 1.807) is 11.7 Å². The molecule has 0 saturated heterocycles. The minimum atomic E-state index is -0.153. The van der Waals surface area contributed by atoms with E-state index in [0.29, 0.717) is 16.4 Å². The van der Waals surface area contributed by atoms with Gasteiger partial charge in [-0.1, -0.05) is 17.7 Å². The van der Waals surface area contributed by atoms with Gasteiger partial charge in [0.15, 0.2) is 0 Å². The lowest BCUT2D eigenvalue weighted by molar-refractivity contribution is 0.102. The van der Waals surface area contributed by atoms with Crippen molar-refractivity contribution in [3.8, 4) is 5.69 Å². The van der Waals surface area contributed by atoms with Crippen LogP contribution >= 0.6 is 11.6 Å². The number of aryl methyl sites for hydroxylation is 3. The molecule has 0 atom stereocenters. The van der Waals surface area contributed by atoms with Crippen LogP contribution < -0.4 is 5.32 Å². The fourth-order valence-electron chi connectivity index (χ4n) is 2.92. The number of aromatic nitrogens is 3. The summed E-state index contributed by atoms with van der Waals surface area (Å²) in [6, 6.07) is 11.3. The Balaban J connectivity index is 1.96. The number of nitrogens with one attached hydrogen (secondary N) is 1. The molecule has 1 aromatic carbocycles. The summed E-state index contributed by atoms with van der Waals surface area (Å²) >= 11 is 6.09. The molecule has 0 spiro atoms. The van der Waals surface area contributed by atoms with Crippen molar-refractivity contribution in [3.05, 3.63) is 64.1 Å². The molecule has 0 unspecified atom stereocenters. The van der Waals surface area contributed by atoms with Crippen molar-refractivity contribution in [2.45, 2.75) is 20.8 Å². The minimum absolute atomic E-state index is 0.153. The average molecular weight is 343 g/mol. The highest BCUT2D eigenvalue weighted by Crippen LogP contribution is 2.23. The van der Waals surface area contributed by atoms with E-state index in [1.165, 1.54) is 0 Å². The van der Waals surface area contributed by atoms with Gasteiger partial charge in [0.1, 0.15) is 5.82 Å². The highest BCUT2D eigenvalue weighted by molar-refractivity contribution is 6.30. The first-order valence-corrected chi connectivity index (χ1v) is 8.01. The summed E-state index contributed by atoms with van der Waals surface area (Å²) in [6.45, 7) is 5.79. The Labute approximate surface area is 145 Å². The van der Waals surface area contributed by atoms with E-state index in [9.17, 15) is 4.79 Å². The predicted molar refractivity (Wildman–Crippen MR) is 96.2 cm³/mol. The lowest BCUT2D eigenvalue weighted by atomic mass is 10.2. The number of halogens is 1. The van der Waals surface area contributed by atoms with E-state index < -0.39 is 0 Å². The number of hydrogen-bond acceptors (Lipinski definition) is 2. The Morgan fingerprint density at radius 3 is 2.54 bits per heavy atom. The van der Waals surface area contributed by atoms with Crippen LogP contribution in [0.5, 0.6) is 0 Å². The summed E-state index contributed by atoms with van der Waals surface area (Å²) < 4.78 is 3.68. The Kier molecular flexibility index (Phi) is 4.20. The van der Waals surface area contributed by atoms with Crippen LogP contribution in [0.1, 0.15) is 27.4 Å². The quantitative estimate of drug-likeness (QED) is 0.781. The Morgan fingerprint density at radius 1 is 1.17 bits per heavy atom. The maximum absolute atomic E-state index is 12.7. The molecule has 0 fully saturated rings. The van der Waals surface area contributed by atoms with Gasteiger partial charge in [-0.15, -0.1) is 0 Å². The largest absolute Gasteiger partial charge is 0.318 e. The molecule has 1 amide bonds. The van der Waals surface area contributed by atoms with Gasteiger partial charge in [0.05, 0.1) is 11.3 Å². The zero-order valence-electron chi connectivity index (χ0n) is 14.1. The zero-order valence-corrected chi connectivity index (χ0v) is 14.8. The average Bonchev–Trinajstić information content (AvgIpc) is 2.98. The normalized spacial score (nSPS) is 10.9. The van der Waals surface area contributed by atoms with Crippen molar-refractivity contribution in [3.63, 3.8) is 0 Å². The van der Waals surface area contributed by atoms with E-state index in [-0.39, 0.29) is 5.91 Å². The molecular formula is C18H19ClN4O. The molecule has 2 heterocycles. The highest BCUT2D eigenvalue weighted by atomic mass is 35.5. The van der Waals surface area contributed by atoms with Crippen LogP contribution in [0.15, 0.2) is 36.4 Å². The van der Waals surface area contributed by atoms with Crippen LogP contribution in [0.4, 0.5) is 5.82 Å². The predicted octanol–water partition coefficient (Wildman–Crippen LogP) is 4.04. The van der Waals surface area contributed by atoms with Gasteiger partial charge in [-0.3, -0.25) is 9.48 Å². The molecule has 0 bridgehead atoms. The summed E-state index contributed by atoms with van der Waals surface area (Å²) in [4.78, 5) is 12.7. The maximum Gasteiger partial charge on any atom is 0.258 e. The summed E-state index contributed by atoms with van der Waals surface area (Å²) in [5, 5.41) is 7.82. The molecular weight excluding hydrogens is 324 g/mol. The topological polar surface area (TPSA) is 51.9 Å². The first-order chi connectivity index (χ1) is 11.4. The molecule has 3 aromatic rings. The number of benzene rings is 1. The molecule has 124 valence electrons. The van der Waals surface area contributed by atoms with Crippen molar-refractivity contribution in [1.82, 2.24) is 14.3 Å². The SMILES string of the molecule is Cc1cc(NC(=O)c2cc(C)n(-c3cccc(Cl)c3)c2C)n(C)n1. The van der Waals surface area contributed by atoms with E-state index in [4.69, 9.17) is 11.6 Å². The van der Waals surface area contributed by atoms with E-state index in [1.807, 2.05) is 61.7 Å². The van der Waals surface area contributed by atoms with Crippen molar-refractivity contribution >= 4 is 23.3 Å².